The van der Waals surface area contributed by atoms with Crippen LogP contribution in [0.25, 0.3) is 0 Å². The highest BCUT2D eigenvalue weighted by Gasteiger charge is 2.41. The maximum absolute atomic E-state index is 12.3. The summed E-state index contributed by atoms with van der Waals surface area (Å²) < 4.78 is 26.9. The molecule has 104 valence electrons. The van der Waals surface area contributed by atoms with Crippen molar-refractivity contribution in [3.63, 3.8) is 0 Å². The summed E-state index contributed by atoms with van der Waals surface area (Å²) in [5.41, 5.74) is 6.42. The Bertz CT molecular complexity index is 811. The SMILES string of the molecule is Cn1cc(CN2C(=O)c3cc(N)ccc3S2(=O)=O)nn1. The molecule has 0 radical (unpaired) electrons. The summed E-state index contributed by atoms with van der Waals surface area (Å²) in [4.78, 5) is 12.2. The third kappa shape index (κ3) is 1.74. The zero-order chi connectivity index (χ0) is 14.5. The molecule has 1 amide bonds. The molecule has 0 saturated heterocycles. The van der Waals surface area contributed by atoms with Crippen LogP contribution >= 0.6 is 0 Å². The molecule has 0 bridgehead atoms. The first-order chi connectivity index (χ1) is 9.39. The van der Waals surface area contributed by atoms with Crippen molar-refractivity contribution in [1.29, 1.82) is 0 Å². The van der Waals surface area contributed by atoms with Crippen LogP contribution in [-0.2, 0) is 23.6 Å². The minimum absolute atomic E-state index is 0.0272. The molecular weight excluding hydrogens is 282 g/mol. The van der Waals surface area contributed by atoms with Gasteiger partial charge in [0.15, 0.2) is 0 Å². The molecule has 1 aliphatic rings. The molecule has 0 unspecified atom stereocenters. The summed E-state index contributed by atoms with van der Waals surface area (Å²) >= 11 is 0. The third-order valence-corrected chi connectivity index (χ3v) is 4.77. The lowest BCUT2D eigenvalue weighted by molar-refractivity contribution is 0.0864. The Morgan fingerprint density at radius 3 is 2.75 bits per heavy atom. The van der Waals surface area contributed by atoms with Crippen LogP contribution in [0.3, 0.4) is 0 Å². The molecule has 0 spiro atoms. The van der Waals surface area contributed by atoms with Crippen LogP contribution in [0.4, 0.5) is 5.69 Å². The van der Waals surface area contributed by atoms with Crippen molar-refractivity contribution >= 4 is 21.6 Å². The van der Waals surface area contributed by atoms with Crippen LogP contribution in [0.15, 0.2) is 29.3 Å². The monoisotopic (exact) mass is 293 g/mol. The van der Waals surface area contributed by atoms with Gasteiger partial charge in [0, 0.05) is 18.9 Å². The van der Waals surface area contributed by atoms with Crippen molar-refractivity contribution in [1.82, 2.24) is 19.3 Å². The average molecular weight is 293 g/mol. The lowest BCUT2D eigenvalue weighted by Crippen LogP contribution is -2.29. The van der Waals surface area contributed by atoms with Crippen molar-refractivity contribution in [2.45, 2.75) is 11.4 Å². The number of nitrogen functional groups attached to an aromatic ring is 1. The van der Waals surface area contributed by atoms with Gasteiger partial charge in [0.2, 0.25) is 0 Å². The number of anilines is 1. The molecule has 0 saturated carbocycles. The molecule has 2 N–H and O–H groups in total. The molecule has 1 aliphatic heterocycles. The predicted octanol–water partition coefficient (Wildman–Crippen LogP) is -0.258. The number of hydrogen-bond donors (Lipinski definition) is 1. The van der Waals surface area contributed by atoms with E-state index in [0.717, 1.165) is 4.31 Å². The molecule has 3 rings (SSSR count). The number of benzene rings is 1. The standard InChI is InChI=1S/C11H11N5O3S/c1-15-5-8(13-14-15)6-16-11(17)9-4-7(12)2-3-10(9)20(16,18)19/h2-5H,6,12H2,1H3. The van der Waals surface area contributed by atoms with E-state index in [4.69, 9.17) is 5.73 Å². The molecule has 2 aromatic rings. The lowest BCUT2D eigenvalue weighted by Gasteiger charge is -2.12. The number of aryl methyl sites for hydroxylation is 1. The first-order valence-electron chi connectivity index (χ1n) is 5.71. The summed E-state index contributed by atoms with van der Waals surface area (Å²) in [7, 11) is -2.19. The van der Waals surface area contributed by atoms with Crippen LogP contribution in [0.5, 0.6) is 0 Å². The van der Waals surface area contributed by atoms with E-state index in [9.17, 15) is 13.2 Å². The lowest BCUT2D eigenvalue weighted by atomic mass is 10.2. The Morgan fingerprint density at radius 1 is 1.35 bits per heavy atom. The van der Waals surface area contributed by atoms with Gasteiger partial charge in [0.25, 0.3) is 15.9 Å². The topological polar surface area (TPSA) is 111 Å². The highest BCUT2D eigenvalue weighted by Crippen LogP contribution is 2.32. The molecule has 20 heavy (non-hydrogen) atoms. The van der Waals surface area contributed by atoms with Crippen molar-refractivity contribution in [3.05, 3.63) is 35.7 Å². The Balaban J connectivity index is 2.05. The van der Waals surface area contributed by atoms with E-state index >= 15 is 0 Å². The predicted molar refractivity (Wildman–Crippen MR) is 68.9 cm³/mol. The fourth-order valence-electron chi connectivity index (χ4n) is 2.07. The second-order valence-corrected chi connectivity index (χ2v) is 6.29. The largest absolute Gasteiger partial charge is 0.399 e. The van der Waals surface area contributed by atoms with E-state index in [1.54, 1.807) is 13.2 Å². The number of amides is 1. The number of sulfonamides is 1. The zero-order valence-electron chi connectivity index (χ0n) is 10.5. The quantitative estimate of drug-likeness (QED) is 0.764. The Morgan fingerprint density at radius 2 is 2.10 bits per heavy atom. The van der Waals surface area contributed by atoms with Gasteiger partial charge in [-0.3, -0.25) is 9.48 Å². The van der Waals surface area contributed by atoms with E-state index < -0.39 is 15.9 Å². The molecule has 1 aromatic heterocycles. The first-order valence-corrected chi connectivity index (χ1v) is 7.15. The number of nitrogens with zero attached hydrogens (tertiary/aromatic N) is 4. The second-order valence-electron chi connectivity index (χ2n) is 4.46. The smallest absolute Gasteiger partial charge is 0.269 e. The van der Waals surface area contributed by atoms with E-state index in [1.165, 1.54) is 22.9 Å². The van der Waals surface area contributed by atoms with Crippen LogP contribution < -0.4 is 5.73 Å². The van der Waals surface area contributed by atoms with Crippen molar-refractivity contribution in [2.75, 3.05) is 5.73 Å². The van der Waals surface area contributed by atoms with E-state index in [1.807, 2.05) is 0 Å². The molecule has 0 aliphatic carbocycles. The minimum Gasteiger partial charge on any atom is -0.399 e. The third-order valence-electron chi connectivity index (χ3n) is 2.98. The molecular formula is C11H11N5O3S. The van der Waals surface area contributed by atoms with Gasteiger partial charge < -0.3 is 5.73 Å². The van der Waals surface area contributed by atoms with Gasteiger partial charge in [0.1, 0.15) is 10.6 Å². The van der Waals surface area contributed by atoms with Crippen molar-refractivity contribution in [2.24, 2.45) is 7.05 Å². The summed E-state index contributed by atoms with van der Waals surface area (Å²) in [5, 5.41) is 7.50. The summed E-state index contributed by atoms with van der Waals surface area (Å²) in [6.45, 7) is -0.149. The molecule has 2 heterocycles. The summed E-state index contributed by atoms with van der Waals surface area (Å²) in [6.07, 6.45) is 1.56. The second kappa shape index (κ2) is 4.04. The normalized spacial score (nSPS) is 16.4. The fraction of sp³-hybridized carbons (Fsp3) is 0.182. The van der Waals surface area contributed by atoms with Gasteiger partial charge >= 0.3 is 0 Å². The van der Waals surface area contributed by atoms with E-state index in [-0.39, 0.29) is 17.0 Å². The maximum atomic E-state index is 12.3. The van der Waals surface area contributed by atoms with Gasteiger partial charge in [-0.1, -0.05) is 5.21 Å². The molecule has 0 atom stereocenters. The van der Waals surface area contributed by atoms with Gasteiger partial charge in [-0.2, -0.15) is 0 Å². The number of aromatic nitrogens is 3. The molecule has 1 aromatic carbocycles. The highest BCUT2D eigenvalue weighted by atomic mass is 32.2. The van der Waals surface area contributed by atoms with Gasteiger partial charge in [-0.05, 0) is 18.2 Å². The van der Waals surface area contributed by atoms with Gasteiger partial charge in [-0.25, -0.2) is 12.7 Å². The summed E-state index contributed by atoms with van der Waals surface area (Å²) in [5.74, 6) is -0.599. The number of fused-ring (bicyclic) bond motifs is 1. The molecule has 8 nitrogen and oxygen atoms in total. The average Bonchev–Trinajstić information content (AvgIpc) is 2.86. The van der Waals surface area contributed by atoms with Gasteiger partial charge in [0.05, 0.1) is 12.1 Å². The van der Waals surface area contributed by atoms with Crippen LogP contribution in [0, 0.1) is 0 Å². The Labute approximate surface area is 114 Å². The molecule has 9 heteroatoms. The minimum atomic E-state index is -3.85. The van der Waals surface area contributed by atoms with Crippen LogP contribution in [-0.4, -0.2) is 33.6 Å². The van der Waals surface area contributed by atoms with Crippen molar-refractivity contribution in [3.8, 4) is 0 Å². The fourth-order valence-corrected chi connectivity index (χ4v) is 3.59. The van der Waals surface area contributed by atoms with E-state index in [2.05, 4.69) is 10.3 Å². The van der Waals surface area contributed by atoms with Gasteiger partial charge in [-0.15, -0.1) is 5.10 Å². The van der Waals surface area contributed by atoms with Crippen molar-refractivity contribution < 1.29 is 13.2 Å². The molecule has 0 fully saturated rings. The van der Waals surface area contributed by atoms with Crippen LogP contribution in [0.2, 0.25) is 0 Å². The number of hydrogen-bond acceptors (Lipinski definition) is 6. The Hall–Kier alpha value is -2.42. The number of rotatable bonds is 2. The van der Waals surface area contributed by atoms with Crippen LogP contribution in [0.1, 0.15) is 16.1 Å². The first kappa shape index (κ1) is 12.6. The highest BCUT2D eigenvalue weighted by molar-refractivity contribution is 7.90. The zero-order valence-corrected chi connectivity index (χ0v) is 11.3. The number of carbonyl (C=O) groups is 1. The number of nitrogens with two attached hydrogens (primary N) is 1. The Kier molecular flexibility index (Phi) is 2.54. The number of carbonyl (C=O) groups excluding carboxylic acids is 1. The van der Waals surface area contributed by atoms with E-state index in [0.29, 0.717) is 11.4 Å². The summed E-state index contributed by atoms with van der Waals surface area (Å²) in [6, 6.07) is 4.16. The maximum Gasteiger partial charge on any atom is 0.269 e.